The van der Waals surface area contributed by atoms with Gasteiger partial charge in [0.1, 0.15) is 0 Å². The maximum absolute atomic E-state index is 13.7. The first-order valence-corrected chi connectivity index (χ1v) is 6.02. The molecule has 1 aromatic carbocycles. The molecule has 0 saturated carbocycles. The Labute approximate surface area is 103 Å². The first kappa shape index (κ1) is 14.0. The summed E-state index contributed by atoms with van der Waals surface area (Å²) in [6.07, 6.45) is 1.59. The first-order valence-electron chi connectivity index (χ1n) is 6.02. The Balaban J connectivity index is 2.68. The van der Waals surface area contributed by atoms with Gasteiger partial charge in [-0.3, -0.25) is 0 Å². The number of ether oxygens (including phenoxy) is 1. The molecule has 96 valence electrons. The number of aryl methyl sites for hydroxylation is 1. The molecule has 0 aliphatic carbocycles. The standard InChI is InChI=1S/C14H22FNO/c1-10(2)17-13-6-5-11(9-12(13)15)7-8-14(3,4)16/h5-6,9-10H,7-8,16H2,1-4H3. The zero-order valence-electron chi connectivity index (χ0n) is 11.1. The van der Waals surface area contributed by atoms with Crippen LogP contribution in [0.3, 0.4) is 0 Å². The van der Waals surface area contributed by atoms with Crippen LogP contribution in [-0.2, 0) is 6.42 Å². The van der Waals surface area contributed by atoms with Crippen molar-refractivity contribution in [3.8, 4) is 5.75 Å². The van der Waals surface area contributed by atoms with Gasteiger partial charge in [0.25, 0.3) is 0 Å². The van der Waals surface area contributed by atoms with Gasteiger partial charge < -0.3 is 10.5 Å². The van der Waals surface area contributed by atoms with Crippen molar-refractivity contribution in [1.82, 2.24) is 0 Å². The summed E-state index contributed by atoms with van der Waals surface area (Å²) in [5, 5.41) is 0. The van der Waals surface area contributed by atoms with Crippen LogP contribution in [0.2, 0.25) is 0 Å². The molecule has 0 heterocycles. The van der Waals surface area contributed by atoms with E-state index in [9.17, 15) is 4.39 Å². The summed E-state index contributed by atoms with van der Waals surface area (Å²) in [4.78, 5) is 0. The van der Waals surface area contributed by atoms with Crippen LogP contribution in [0.4, 0.5) is 4.39 Å². The molecule has 0 aliphatic rings. The lowest BCUT2D eigenvalue weighted by atomic mass is 9.96. The number of hydrogen-bond acceptors (Lipinski definition) is 2. The molecule has 0 aromatic heterocycles. The maximum Gasteiger partial charge on any atom is 0.165 e. The minimum Gasteiger partial charge on any atom is -0.488 e. The van der Waals surface area contributed by atoms with Crippen LogP contribution >= 0.6 is 0 Å². The van der Waals surface area contributed by atoms with Gasteiger partial charge in [0.05, 0.1) is 6.10 Å². The van der Waals surface area contributed by atoms with Gasteiger partial charge in [-0.2, -0.15) is 0 Å². The van der Waals surface area contributed by atoms with E-state index in [1.54, 1.807) is 6.07 Å². The minimum atomic E-state index is -0.300. The van der Waals surface area contributed by atoms with Crippen LogP contribution in [0.25, 0.3) is 0 Å². The third kappa shape index (κ3) is 5.18. The molecule has 3 heteroatoms. The van der Waals surface area contributed by atoms with E-state index in [1.165, 1.54) is 6.07 Å². The SMILES string of the molecule is CC(C)Oc1ccc(CCC(C)(C)N)cc1F. The van der Waals surface area contributed by atoms with Crippen molar-refractivity contribution in [2.45, 2.75) is 52.2 Å². The molecular weight excluding hydrogens is 217 g/mol. The van der Waals surface area contributed by atoms with Gasteiger partial charge in [0, 0.05) is 5.54 Å². The summed E-state index contributed by atoms with van der Waals surface area (Å²) in [6.45, 7) is 7.70. The van der Waals surface area contributed by atoms with E-state index in [2.05, 4.69) is 0 Å². The van der Waals surface area contributed by atoms with Crippen molar-refractivity contribution in [3.63, 3.8) is 0 Å². The predicted octanol–water partition coefficient (Wildman–Crippen LogP) is 3.28. The molecule has 0 saturated heterocycles. The normalized spacial score (nSPS) is 11.9. The fourth-order valence-electron chi connectivity index (χ4n) is 1.52. The Hall–Kier alpha value is -1.09. The van der Waals surface area contributed by atoms with Gasteiger partial charge in [-0.1, -0.05) is 6.07 Å². The summed E-state index contributed by atoms with van der Waals surface area (Å²) >= 11 is 0. The molecule has 17 heavy (non-hydrogen) atoms. The smallest absolute Gasteiger partial charge is 0.165 e. The second-order valence-corrected chi connectivity index (χ2v) is 5.42. The first-order chi connectivity index (χ1) is 7.78. The second kappa shape index (κ2) is 5.50. The van der Waals surface area contributed by atoms with Gasteiger partial charge in [-0.25, -0.2) is 4.39 Å². The molecule has 0 bridgehead atoms. The fourth-order valence-corrected chi connectivity index (χ4v) is 1.52. The molecule has 0 spiro atoms. The van der Waals surface area contributed by atoms with Gasteiger partial charge in [0.15, 0.2) is 11.6 Å². The fraction of sp³-hybridized carbons (Fsp3) is 0.571. The molecule has 2 N–H and O–H groups in total. The minimum absolute atomic E-state index is 0.0154. The van der Waals surface area contributed by atoms with Crippen molar-refractivity contribution in [3.05, 3.63) is 29.6 Å². The molecule has 2 nitrogen and oxygen atoms in total. The molecule has 0 amide bonds. The Kier molecular flexibility index (Phi) is 4.52. The van der Waals surface area contributed by atoms with E-state index in [-0.39, 0.29) is 17.5 Å². The van der Waals surface area contributed by atoms with Crippen LogP contribution < -0.4 is 10.5 Å². The van der Waals surface area contributed by atoms with E-state index in [4.69, 9.17) is 10.5 Å². The van der Waals surface area contributed by atoms with Gasteiger partial charge >= 0.3 is 0 Å². The molecule has 1 aromatic rings. The van der Waals surface area contributed by atoms with E-state index in [1.807, 2.05) is 33.8 Å². The van der Waals surface area contributed by atoms with Crippen LogP contribution in [0.1, 0.15) is 39.7 Å². The van der Waals surface area contributed by atoms with Gasteiger partial charge in [-0.05, 0) is 58.2 Å². The largest absolute Gasteiger partial charge is 0.488 e. The lowest BCUT2D eigenvalue weighted by Crippen LogP contribution is -2.32. The molecule has 0 aliphatic heterocycles. The maximum atomic E-state index is 13.7. The number of halogens is 1. The molecule has 0 radical (unpaired) electrons. The summed E-state index contributed by atoms with van der Waals surface area (Å²) in [5.41, 5.74) is 6.64. The number of hydrogen-bond donors (Lipinski definition) is 1. The van der Waals surface area contributed by atoms with Crippen LogP contribution in [0, 0.1) is 5.82 Å². The highest BCUT2D eigenvalue weighted by Crippen LogP contribution is 2.21. The molecular formula is C14H22FNO. The monoisotopic (exact) mass is 239 g/mol. The van der Waals surface area contributed by atoms with Crippen molar-refractivity contribution in [2.75, 3.05) is 0 Å². The highest BCUT2D eigenvalue weighted by Gasteiger charge is 2.12. The van der Waals surface area contributed by atoms with Crippen molar-refractivity contribution in [2.24, 2.45) is 5.73 Å². The lowest BCUT2D eigenvalue weighted by Gasteiger charge is -2.18. The highest BCUT2D eigenvalue weighted by molar-refractivity contribution is 5.29. The summed E-state index contributed by atoms with van der Waals surface area (Å²) in [7, 11) is 0. The number of benzene rings is 1. The third-order valence-electron chi connectivity index (χ3n) is 2.42. The topological polar surface area (TPSA) is 35.2 Å². The average Bonchev–Trinajstić information content (AvgIpc) is 2.17. The third-order valence-corrected chi connectivity index (χ3v) is 2.42. The zero-order valence-corrected chi connectivity index (χ0v) is 11.1. The van der Waals surface area contributed by atoms with Crippen molar-refractivity contribution in [1.29, 1.82) is 0 Å². The summed E-state index contributed by atoms with van der Waals surface area (Å²) < 4.78 is 19.0. The van der Waals surface area contributed by atoms with Gasteiger partial charge in [-0.15, -0.1) is 0 Å². The predicted molar refractivity (Wildman–Crippen MR) is 68.8 cm³/mol. The summed E-state index contributed by atoms with van der Waals surface area (Å²) in [5.74, 6) is 0.0155. The van der Waals surface area contributed by atoms with Crippen molar-refractivity contribution >= 4 is 0 Å². The van der Waals surface area contributed by atoms with Crippen LogP contribution in [-0.4, -0.2) is 11.6 Å². The quantitative estimate of drug-likeness (QED) is 0.855. The Bertz CT molecular complexity index is 369. The Morgan fingerprint density at radius 3 is 2.47 bits per heavy atom. The average molecular weight is 239 g/mol. The number of rotatable bonds is 5. The van der Waals surface area contributed by atoms with E-state index >= 15 is 0 Å². The second-order valence-electron chi connectivity index (χ2n) is 5.42. The Morgan fingerprint density at radius 1 is 1.35 bits per heavy atom. The zero-order chi connectivity index (χ0) is 13.1. The molecule has 0 unspecified atom stereocenters. The van der Waals surface area contributed by atoms with E-state index in [0.29, 0.717) is 5.75 Å². The van der Waals surface area contributed by atoms with E-state index < -0.39 is 0 Å². The van der Waals surface area contributed by atoms with Crippen LogP contribution in [0.15, 0.2) is 18.2 Å². The Morgan fingerprint density at radius 2 is 2.00 bits per heavy atom. The summed E-state index contributed by atoms with van der Waals surface area (Å²) in [6, 6.07) is 5.12. The lowest BCUT2D eigenvalue weighted by molar-refractivity contribution is 0.231. The van der Waals surface area contributed by atoms with E-state index in [0.717, 1.165) is 18.4 Å². The van der Waals surface area contributed by atoms with Gasteiger partial charge in [0.2, 0.25) is 0 Å². The van der Waals surface area contributed by atoms with Crippen molar-refractivity contribution < 1.29 is 9.13 Å². The molecule has 0 fully saturated rings. The molecule has 1 rings (SSSR count). The number of nitrogens with two attached hydrogens (primary N) is 1. The molecule has 0 atom stereocenters. The van der Waals surface area contributed by atoms with Crippen LogP contribution in [0.5, 0.6) is 5.75 Å². The highest BCUT2D eigenvalue weighted by atomic mass is 19.1.